The van der Waals surface area contributed by atoms with Gasteiger partial charge in [-0.2, -0.15) is 0 Å². The Bertz CT molecular complexity index is 1190. The lowest BCUT2D eigenvalue weighted by atomic mass is 9.97. The Morgan fingerprint density at radius 2 is 1.73 bits per heavy atom. The molecule has 1 aliphatic rings. The maximum atomic E-state index is 13.9. The molecular weight excluding hydrogens is 530 g/mol. The van der Waals surface area contributed by atoms with Crippen molar-refractivity contribution in [2.75, 3.05) is 26.2 Å². The first kappa shape index (κ1) is 32.1. The van der Waals surface area contributed by atoms with Crippen LogP contribution in [0.4, 0.5) is 8.78 Å². The number of halogens is 2. The standard InChI is InChI=1S/C31H42F2N4O4/c1-5-10-37-29(40)19-36(31(41)30(37)20(3)4)18-28(39)35-26(14-23-12-24(32)15-25(33)13-23)27(38)17-34-16-22-9-7-8-21(6-2)11-22/h7-9,11-13,15,20,26-27,30,34,38H,5-6,10,14,16-19H2,1-4H3,(H,35,39)/t26-,27-,30+/m0/s1. The minimum Gasteiger partial charge on any atom is -0.390 e. The van der Waals surface area contributed by atoms with Crippen molar-refractivity contribution in [1.29, 1.82) is 0 Å². The largest absolute Gasteiger partial charge is 0.390 e. The predicted molar refractivity (Wildman–Crippen MR) is 153 cm³/mol. The lowest BCUT2D eigenvalue weighted by Crippen LogP contribution is -2.63. The van der Waals surface area contributed by atoms with E-state index in [1.807, 2.05) is 39.0 Å². The van der Waals surface area contributed by atoms with Crippen molar-refractivity contribution in [2.45, 2.75) is 71.7 Å². The van der Waals surface area contributed by atoms with Gasteiger partial charge in [-0.15, -0.1) is 0 Å². The highest BCUT2D eigenvalue weighted by atomic mass is 19.1. The summed E-state index contributed by atoms with van der Waals surface area (Å²) in [5.74, 6) is -2.76. The topological polar surface area (TPSA) is 102 Å². The Kier molecular flexibility index (Phi) is 11.8. The quantitative estimate of drug-likeness (QED) is 0.323. The molecule has 10 heteroatoms. The Morgan fingerprint density at radius 3 is 2.37 bits per heavy atom. The lowest BCUT2D eigenvalue weighted by molar-refractivity contribution is -0.159. The van der Waals surface area contributed by atoms with Crippen molar-refractivity contribution in [3.8, 4) is 0 Å². The molecule has 8 nitrogen and oxygen atoms in total. The molecule has 0 radical (unpaired) electrons. The van der Waals surface area contributed by atoms with Gasteiger partial charge in [0.2, 0.25) is 17.7 Å². The molecule has 2 aromatic carbocycles. The van der Waals surface area contributed by atoms with Crippen LogP contribution in [0.2, 0.25) is 0 Å². The Hall–Kier alpha value is -3.37. The summed E-state index contributed by atoms with van der Waals surface area (Å²) in [6, 6.07) is 9.53. The highest BCUT2D eigenvalue weighted by Crippen LogP contribution is 2.20. The monoisotopic (exact) mass is 572 g/mol. The van der Waals surface area contributed by atoms with E-state index in [9.17, 15) is 28.3 Å². The molecule has 1 saturated heterocycles. The predicted octanol–water partition coefficient (Wildman–Crippen LogP) is 2.81. The van der Waals surface area contributed by atoms with E-state index in [0.717, 1.165) is 30.2 Å². The maximum Gasteiger partial charge on any atom is 0.246 e. The van der Waals surface area contributed by atoms with Gasteiger partial charge in [0.1, 0.15) is 30.8 Å². The fraction of sp³-hybridized carbons (Fsp3) is 0.516. The van der Waals surface area contributed by atoms with Crippen LogP contribution >= 0.6 is 0 Å². The van der Waals surface area contributed by atoms with Gasteiger partial charge in [0, 0.05) is 25.7 Å². The number of amides is 3. The SMILES string of the molecule is CCCN1C(=O)CN(CC(=O)N[C@@H](Cc2cc(F)cc(F)c2)[C@@H](O)CNCc2cccc(CC)c2)C(=O)[C@H]1C(C)C. The zero-order valence-corrected chi connectivity index (χ0v) is 24.3. The van der Waals surface area contributed by atoms with Crippen molar-refractivity contribution in [3.63, 3.8) is 0 Å². The van der Waals surface area contributed by atoms with Crippen molar-refractivity contribution in [2.24, 2.45) is 5.92 Å². The Labute approximate surface area is 241 Å². The molecule has 1 heterocycles. The summed E-state index contributed by atoms with van der Waals surface area (Å²) in [4.78, 5) is 42.0. The molecule has 0 spiro atoms. The molecule has 3 atom stereocenters. The van der Waals surface area contributed by atoms with Crippen molar-refractivity contribution in [1.82, 2.24) is 20.4 Å². The number of nitrogens with zero attached hydrogens (tertiary/aromatic N) is 2. The molecule has 0 aromatic heterocycles. The van der Waals surface area contributed by atoms with Crippen LogP contribution in [0.5, 0.6) is 0 Å². The summed E-state index contributed by atoms with van der Waals surface area (Å²) in [5.41, 5.74) is 2.49. The summed E-state index contributed by atoms with van der Waals surface area (Å²) >= 11 is 0. The van der Waals surface area contributed by atoms with Gasteiger partial charge in [0.15, 0.2) is 0 Å². The highest BCUT2D eigenvalue weighted by Gasteiger charge is 2.41. The minimum atomic E-state index is -1.11. The molecule has 0 aliphatic carbocycles. The third-order valence-electron chi connectivity index (χ3n) is 7.25. The number of aryl methyl sites for hydroxylation is 1. The van der Waals surface area contributed by atoms with Crippen molar-refractivity contribution in [3.05, 3.63) is 70.8 Å². The number of nitrogens with one attached hydrogen (secondary N) is 2. The molecule has 1 fully saturated rings. The van der Waals surface area contributed by atoms with E-state index >= 15 is 0 Å². The Balaban J connectivity index is 1.70. The average Bonchev–Trinajstić information content (AvgIpc) is 2.90. The van der Waals surface area contributed by atoms with E-state index in [0.29, 0.717) is 19.5 Å². The number of hydrogen-bond acceptors (Lipinski definition) is 5. The van der Waals surface area contributed by atoms with Gasteiger partial charge < -0.3 is 25.5 Å². The second-order valence-corrected chi connectivity index (χ2v) is 11.0. The van der Waals surface area contributed by atoms with Crippen molar-refractivity contribution < 1.29 is 28.3 Å². The number of aliphatic hydroxyl groups is 1. The minimum absolute atomic E-state index is 0.0413. The van der Waals surface area contributed by atoms with Gasteiger partial charge in [-0.1, -0.05) is 52.0 Å². The molecule has 41 heavy (non-hydrogen) atoms. The second kappa shape index (κ2) is 15.0. The number of piperazine rings is 1. The number of aliphatic hydroxyl groups excluding tert-OH is 1. The molecule has 0 bridgehead atoms. The van der Waals surface area contributed by atoms with Crippen LogP contribution in [0.15, 0.2) is 42.5 Å². The van der Waals surface area contributed by atoms with Crippen molar-refractivity contribution >= 4 is 17.7 Å². The fourth-order valence-electron chi connectivity index (χ4n) is 5.25. The number of hydrogen-bond donors (Lipinski definition) is 3. The number of rotatable bonds is 14. The van der Waals surface area contributed by atoms with Crippen LogP contribution in [-0.4, -0.2) is 77.0 Å². The summed E-state index contributed by atoms with van der Waals surface area (Å²) < 4.78 is 27.8. The first-order chi connectivity index (χ1) is 19.5. The number of benzene rings is 2. The van der Waals surface area contributed by atoms with E-state index in [-0.39, 0.29) is 49.4 Å². The molecule has 224 valence electrons. The Morgan fingerprint density at radius 1 is 1.05 bits per heavy atom. The van der Waals surface area contributed by atoms with Crippen LogP contribution in [0, 0.1) is 17.6 Å². The van der Waals surface area contributed by atoms with Gasteiger partial charge in [0.05, 0.1) is 12.1 Å². The smallest absolute Gasteiger partial charge is 0.246 e. The molecule has 1 aliphatic heterocycles. The van der Waals surface area contributed by atoms with E-state index in [1.165, 1.54) is 10.5 Å². The van der Waals surface area contributed by atoms with Crippen LogP contribution < -0.4 is 10.6 Å². The number of carbonyl (C=O) groups excluding carboxylic acids is 3. The van der Waals surface area contributed by atoms with Gasteiger partial charge in [-0.3, -0.25) is 14.4 Å². The van der Waals surface area contributed by atoms with Gasteiger partial charge in [0.25, 0.3) is 0 Å². The third kappa shape index (κ3) is 9.06. The first-order valence-electron chi connectivity index (χ1n) is 14.3. The third-order valence-corrected chi connectivity index (χ3v) is 7.25. The molecule has 0 unspecified atom stereocenters. The van der Waals surface area contributed by atoms with E-state index in [2.05, 4.69) is 23.6 Å². The summed E-state index contributed by atoms with van der Waals surface area (Å²) in [7, 11) is 0. The molecule has 0 saturated carbocycles. The van der Waals surface area contributed by atoms with Gasteiger partial charge >= 0.3 is 0 Å². The molecule has 3 amide bonds. The first-order valence-corrected chi connectivity index (χ1v) is 14.3. The number of carbonyl (C=O) groups is 3. The summed E-state index contributed by atoms with van der Waals surface area (Å²) in [6.45, 7) is 8.18. The molecule has 3 N–H and O–H groups in total. The molecule has 3 rings (SSSR count). The second-order valence-electron chi connectivity index (χ2n) is 11.0. The maximum absolute atomic E-state index is 13.9. The van der Waals surface area contributed by atoms with Gasteiger partial charge in [-0.25, -0.2) is 8.78 Å². The van der Waals surface area contributed by atoms with E-state index in [1.54, 1.807) is 4.90 Å². The lowest BCUT2D eigenvalue weighted by Gasteiger charge is -2.42. The molecule has 2 aromatic rings. The molecular formula is C31H42F2N4O4. The van der Waals surface area contributed by atoms with Crippen LogP contribution in [0.1, 0.15) is 50.8 Å². The van der Waals surface area contributed by atoms with E-state index in [4.69, 9.17) is 0 Å². The summed E-state index contributed by atoms with van der Waals surface area (Å²) in [5, 5.41) is 17.0. The summed E-state index contributed by atoms with van der Waals surface area (Å²) in [6.07, 6.45) is 0.456. The van der Waals surface area contributed by atoms with Gasteiger partial charge in [-0.05, 0) is 54.0 Å². The normalized spacial score (nSPS) is 17.2. The highest BCUT2D eigenvalue weighted by molar-refractivity contribution is 5.97. The van der Waals surface area contributed by atoms with Crippen LogP contribution in [0.25, 0.3) is 0 Å². The average molecular weight is 573 g/mol. The van der Waals surface area contributed by atoms with Crippen LogP contribution in [0.3, 0.4) is 0 Å². The fourth-order valence-corrected chi connectivity index (χ4v) is 5.25. The van der Waals surface area contributed by atoms with E-state index < -0.39 is 35.7 Å². The zero-order valence-electron chi connectivity index (χ0n) is 24.3. The zero-order chi connectivity index (χ0) is 30.1. The van der Waals surface area contributed by atoms with Crippen LogP contribution in [-0.2, 0) is 33.8 Å².